The van der Waals surface area contributed by atoms with E-state index < -0.39 is 226 Å². The van der Waals surface area contributed by atoms with Gasteiger partial charge in [-0.1, -0.05) is 0 Å². The van der Waals surface area contributed by atoms with Crippen LogP contribution in [0.15, 0.2) is 0 Å². The van der Waals surface area contributed by atoms with Crippen LogP contribution >= 0.6 is 0 Å². The monoisotopic (exact) mass is 1280 g/mol. The van der Waals surface area contributed by atoms with Crippen molar-refractivity contribution in [1.82, 2.24) is 21.3 Å². The Hall–Kier alpha value is -8.48. The molecule has 0 atom stereocenters. The molecule has 0 aliphatic rings. The highest BCUT2D eigenvalue weighted by Crippen LogP contribution is 2.42. The van der Waals surface area contributed by atoms with Gasteiger partial charge in [0.2, 0.25) is 23.6 Å². The van der Waals surface area contributed by atoms with Gasteiger partial charge in [-0.25, -0.2) is 0 Å². The van der Waals surface area contributed by atoms with Gasteiger partial charge in [0.1, 0.15) is 0 Å². The third-order valence-corrected chi connectivity index (χ3v) is 15.9. The molecule has 0 unspecified atom stereocenters. The Labute approximate surface area is 511 Å². The first-order chi connectivity index (χ1) is 41.4. The van der Waals surface area contributed by atoms with Gasteiger partial charge in [0.05, 0.1) is 0 Å². The van der Waals surface area contributed by atoms with Crippen molar-refractivity contribution >= 4 is 95.3 Å². The van der Waals surface area contributed by atoms with Crippen molar-refractivity contribution in [3.63, 3.8) is 0 Å². The Morgan fingerprint density at radius 3 is 0.393 bits per heavy atom. The molecule has 0 aromatic carbocycles. The van der Waals surface area contributed by atoms with E-state index in [0.717, 1.165) is 0 Å². The first-order valence-electron chi connectivity index (χ1n) is 29.3. The molecule has 0 saturated heterocycles. The van der Waals surface area contributed by atoms with Crippen LogP contribution < -0.4 is 21.3 Å². The van der Waals surface area contributed by atoms with Crippen molar-refractivity contribution in [2.75, 3.05) is 0 Å². The Balaban J connectivity index is 8.00. The number of carboxylic acid groups (broad SMARTS) is 12. The Morgan fingerprint density at radius 1 is 0.180 bits per heavy atom. The summed E-state index contributed by atoms with van der Waals surface area (Å²) < 4.78 is 0. The van der Waals surface area contributed by atoms with E-state index in [9.17, 15) is 138 Å². The average molecular weight is 1280 g/mol. The van der Waals surface area contributed by atoms with Crippen LogP contribution in [0.4, 0.5) is 0 Å². The van der Waals surface area contributed by atoms with E-state index in [4.69, 9.17) is 0 Å². The lowest BCUT2D eigenvalue weighted by atomic mass is 9.70. The highest BCUT2D eigenvalue weighted by molar-refractivity contribution is 5.80. The molecule has 0 heterocycles. The minimum Gasteiger partial charge on any atom is -0.481 e. The maximum Gasteiger partial charge on any atom is 0.303 e. The number of carbonyl (C=O) groups excluding carboxylic acids is 4. The minimum absolute atomic E-state index is 0.0447. The molecule has 32 heteroatoms. The molecule has 32 nitrogen and oxygen atoms in total. The van der Waals surface area contributed by atoms with Crippen LogP contribution in [-0.4, -0.2) is 179 Å². The zero-order valence-corrected chi connectivity index (χ0v) is 49.9. The molecule has 0 radical (unpaired) electrons. The zero-order valence-electron chi connectivity index (χ0n) is 49.9. The maximum absolute atomic E-state index is 14.0. The van der Waals surface area contributed by atoms with Crippen LogP contribution in [0.5, 0.6) is 0 Å². The van der Waals surface area contributed by atoms with Crippen LogP contribution in [0, 0.1) is 5.41 Å². The molecule has 0 aliphatic carbocycles. The summed E-state index contributed by atoms with van der Waals surface area (Å²) in [5.41, 5.74) is -7.82. The third kappa shape index (κ3) is 38.4. The van der Waals surface area contributed by atoms with E-state index in [1.165, 1.54) is 0 Å². The van der Waals surface area contributed by atoms with Gasteiger partial charge in [0, 0.05) is 125 Å². The van der Waals surface area contributed by atoms with Crippen LogP contribution in [0.3, 0.4) is 0 Å². The van der Waals surface area contributed by atoms with E-state index in [0.29, 0.717) is 0 Å². The van der Waals surface area contributed by atoms with Crippen molar-refractivity contribution in [2.45, 2.75) is 253 Å². The molecule has 0 bridgehead atoms. The molecule has 89 heavy (non-hydrogen) atoms. The summed E-state index contributed by atoms with van der Waals surface area (Å²) in [4.78, 5) is 197. The van der Waals surface area contributed by atoms with E-state index in [2.05, 4.69) is 21.3 Å². The van der Waals surface area contributed by atoms with E-state index in [-0.39, 0.29) is 128 Å². The van der Waals surface area contributed by atoms with E-state index >= 15 is 0 Å². The molecular weight excluding hydrogens is 1190 g/mol. The maximum atomic E-state index is 14.0. The van der Waals surface area contributed by atoms with Gasteiger partial charge in [-0.3, -0.25) is 76.7 Å². The third-order valence-electron chi connectivity index (χ3n) is 15.9. The Morgan fingerprint density at radius 2 is 0.292 bits per heavy atom. The summed E-state index contributed by atoms with van der Waals surface area (Å²) in [5.74, 6) is -19.3. The van der Waals surface area contributed by atoms with Crippen LogP contribution in [0.2, 0.25) is 0 Å². The standard InChI is InChI=1S/C57H88N4O28/c62-37(58-54(25-9-41(66)67,26-10-42(68)69)27-11-43(70)71)5-1-21-53(22-2-6-38(63)59-55(28-12-44(72)73,29-13-45(74)75)30-14-46(76)77,23-3-7-39(64)60-56(31-15-47(78)79,32-16-48(80)81)33-17-49(82)83)24-4-8-40(65)61-57(34-18-50(84)85,35-19-51(86)87)36-20-52(88)89/h1-36H2,(H,58,62)(H,59,63)(H,60,64)(H,61,65)(H,66,67)(H,68,69)(H,70,71)(H,72,73)(H,74,75)(H,76,77)(H,78,79)(H,80,81)(H,82,83)(H,84,85)(H,86,87)(H,88,89). The summed E-state index contributed by atoms with van der Waals surface area (Å²) in [6.45, 7) is 0. The molecule has 0 saturated carbocycles. The molecule has 0 aromatic rings. The highest BCUT2D eigenvalue weighted by Gasteiger charge is 2.39. The van der Waals surface area contributed by atoms with Crippen molar-refractivity contribution in [2.24, 2.45) is 5.41 Å². The highest BCUT2D eigenvalue weighted by atomic mass is 16.4. The van der Waals surface area contributed by atoms with Gasteiger partial charge in [0.25, 0.3) is 0 Å². The largest absolute Gasteiger partial charge is 0.481 e. The van der Waals surface area contributed by atoms with Gasteiger partial charge in [-0.15, -0.1) is 0 Å². The van der Waals surface area contributed by atoms with Gasteiger partial charge in [0.15, 0.2) is 0 Å². The Kier molecular flexibility index (Phi) is 37.0. The molecule has 0 spiro atoms. The van der Waals surface area contributed by atoms with Crippen LogP contribution in [-0.2, 0) is 76.7 Å². The lowest BCUT2D eigenvalue weighted by Gasteiger charge is -2.37. The summed E-state index contributed by atoms with van der Waals surface area (Å²) in [6, 6.07) is 0. The number of amides is 4. The van der Waals surface area contributed by atoms with Gasteiger partial charge in [-0.2, -0.15) is 0 Å². The fourth-order valence-corrected chi connectivity index (χ4v) is 11.1. The number of nitrogens with one attached hydrogen (secondary N) is 4. The number of rotatable bonds is 56. The fraction of sp³-hybridized carbons (Fsp3) is 0.719. The molecule has 504 valence electrons. The zero-order chi connectivity index (χ0) is 68.0. The van der Waals surface area contributed by atoms with E-state index in [1.54, 1.807) is 0 Å². The predicted octanol–water partition coefficient (Wildman–Crippen LogP) is 4.45. The normalized spacial score (nSPS) is 11.8. The van der Waals surface area contributed by atoms with Crippen molar-refractivity contribution < 1.29 is 138 Å². The van der Waals surface area contributed by atoms with E-state index in [1.807, 2.05) is 0 Å². The molecule has 0 aromatic heterocycles. The second-order valence-electron chi connectivity index (χ2n) is 23.0. The summed E-state index contributed by atoms with van der Waals surface area (Å²) in [5, 5.41) is 125. The molecule has 0 fully saturated rings. The second kappa shape index (κ2) is 40.9. The predicted molar refractivity (Wildman–Crippen MR) is 304 cm³/mol. The van der Waals surface area contributed by atoms with Crippen molar-refractivity contribution in [3.8, 4) is 0 Å². The van der Waals surface area contributed by atoms with Crippen LogP contribution in [0.1, 0.15) is 231 Å². The van der Waals surface area contributed by atoms with Gasteiger partial charge >= 0.3 is 71.6 Å². The molecule has 0 rings (SSSR count). The van der Waals surface area contributed by atoms with Gasteiger partial charge in [-0.05, 0) is 134 Å². The Bertz CT molecular complexity index is 1960. The van der Waals surface area contributed by atoms with Crippen LogP contribution in [0.25, 0.3) is 0 Å². The average Bonchev–Trinajstić information content (AvgIpc) is 2.68. The number of carboxylic acids is 12. The molecule has 16 N–H and O–H groups in total. The minimum atomic E-state index is -1.66. The fourth-order valence-electron chi connectivity index (χ4n) is 11.1. The number of carbonyl (C=O) groups is 16. The van der Waals surface area contributed by atoms with Gasteiger partial charge < -0.3 is 82.5 Å². The van der Waals surface area contributed by atoms with Crippen molar-refractivity contribution in [3.05, 3.63) is 0 Å². The summed E-state index contributed by atoms with van der Waals surface area (Å²) in [7, 11) is 0. The number of aliphatic carboxylic acids is 12. The second-order valence-corrected chi connectivity index (χ2v) is 23.0. The smallest absolute Gasteiger partial charge is 0.303 e. The summed E-state index contributed by atoms with van der Waals surface area (Å²) in [6.07, 6.45) is -14.3. The lowest BCUT2D eigenvalue weighted by molar-refractivity contribution is -0.141. The molecule has 4 amide bonds. The topological polar surface area (TPSA) is 564 Å². The molecular formula is C57H88N4O28. The number of hydrogen-bond acceptors (Lipinski definition) is 16. The number of hydrogen-bond donors (Lipinski definition) is 16. The summed E-state index contributed by atoms with van der Waals surface area (Å²) >= 11 is 0. The van der Waals surface area contributed by atoms with Crippen molar-refractivity contribution in [1.29, 1.82) is 0 Å². The SMILES string of the molecule is O=C(O)CCC(CCC(=O)O)(CCC(=O)O)NC(=O)CCCC(CCCC(=O)NC(CCC(=O)O)(CCC(=O)O)CCC(=O)O)(CCCC(=O)NC(CCC(=O)O)(CCC(=O)O)CCC(=O)O)CCCC(=O)NC(CCC(=O)O)(CCC(=O)O)CCC(=O)O. The molecule has 0 aliphatic heterocycles. The first kappa shape index (κ1) is 80.5. The first-order valence-corrected chi connectivity index (χ1v) is 29.3. The quantitative estimate of drug-likeness (QED) is 0.0400. The lowest BCUT2D eigenvalue weighted by Crippen LogP contribution is -2.49.